The van der Waals surface area contributed by atoms with Crippen LogP contribution in [0.3, 0.4) is 0 Å². The zero-order chi connectivity index (χ0) is 25.3. The summed E-state index contributed by atoms with van der Waals surface area (Å²) in [7, 11) is 0. The van der Waals surface area contributed by atoms with Crippen LogP contribution in [0.25, 0.3) is 0 Å². The van der Waals surface area contributed by atoms with Crippen molar-refractivity contribution >= 4 is 11.9 Å². The summed E-state index contributed by atoms with van der Waals surface area (Å²) >= 11 is 0. The summed E-state index contributed by atoms with van der Waals surface area (Å²) in [6.07, 6.45) is 24.7. The lowest BCUT2D eigenvalue weighted by Crippen LogP contribution is -2.37. The Morgan fingerprint density at radius 1 is 0.943 bits per heavy atom. The normalized spacial score (nSPS) is 21.3. The number of carbonyl (C=O) groups is 2. The molecule has 2 aliphatic rings. The van der Waals surface area contributed by atoms with Crippen molar-refractivity contribution in [1.29, 1.82) is 0 Å². The first kappa shape index (κ1) is 29.1. The molecular formula is C30H46O5. The predicted octanol–water partition coefficient (Wildman–Crippen LogP) is 7.40. The average molecular weight is 487 g/mol. The lowest BCUT2D eigenvalue weighted by molar-refractivity contribution is -0.154. The number of rotatable bonds is 17. The van der Waals surface area contributed by atoms with E-state index in [9.17, 15) is 14.7 Å². The quantitative estimate of drug-likeness (QED) is 0.132. The monoisotopic (exact) mass is 486 g/mol. The number of cyclic esters (lactones) is 1. The number of aliphatic hydroxyl groups excluding tert-OH is 1. The Labute approximate surface area is 212 Å². The fraction of sp³-hybridized carbons (Fsp3) is 0.667. The summed E-state index contributed by atoms with van der Waals surface area (Å²) in [6.45, 7) is 4.29. The summed E-state index contributed by atoms with van der Waals surface area (Å²) in [5.41, 5.74) is 1.13. The van der Waals surface area contributed by atoms with Crippen LogP contribution in [0.1, 0.15) is 117 Å². The molecule has 35 heavy (non-hydrogen) atoms. The van der Waals surface area contributed by atoms with Gasteiger partial charge in [0, 0.05) is 12.0 Å². The van der Waals surface area contributed by atoms with E-state index in [-0.39, 0.29) is 5.97 Å². The third-order valence-electron chi connectivity index (χ3n) is 6.58. The maximum atomic E-state index is 12.4. The lowest BCUT2D eigenvalue weighted by Gasteiger charge is -2.27. The third-order valence-corrected chi connectivity index (χ3v) is 6.58. The minimum atomic E-state index is -0.913. The van der Waals surface area contributed by atoms with E-state index >= 15 is 0 Å². The zero-order valence-corrected chi connectivity index (χ0v) is 21.9. The van der Waals surface area contributed by atoms with Crippen LogP contribution in [-0.2, 0) is 19.1 Å². The number of ether oxygens (including phenoxy) is 2. The first-order chi connectivity index (χ1) is 17.1. The van der Waals surface area contributed by atoms with E-state index in [1.54, 1.807) is 0 Å². The molecule has 196 valence electrons. The van der Waals surface area contributed by atoms with Gasteiger partial charge in [-0.1, -0.05) is 76.7 Å². The van der Waals surface area contributed by atoms with Crippen molar-refractivity contribution < 1.29 is 24.2 Å². The van der Waals surface area contributed by atoms with Gasteiger partial charge < -0.3 is 14.6 Å². The lowest BCUT2D eigenvalue weighted by atomic mass is 9.87. The van der Waals surface area contributed by atoms with E-state index < -0.39 is 18.2 Å². The number of aliphatic hydroxyl groups is 1. The second-order valence-electron chi connectivity index (χ2n) is 9.64. The molecule has 5 nitrogen and oxygen atoms in total. The Morgan fingerprint density at radius 2 is 1.63 bits per heavy atom. The van der Waals surface area contributed by atoms with E-state index in [1.165, 1.54) is 32.1 Å². The van der Waals surface area contributed by atoms with Crippen LogP contribution >= 0.6 is 0 Å². The molecular weight excluding hydrogens is 440 g/mol. The van der Waals surface area contributed by atoms with Gasteiger partial charge in [0.25, 0.3) is 0 Å². The highest BCUT2D eigenvalue weighted by atomic mass is 16.6. The number of esters is 2. The second kappa shape index (κ2) is 17.3. The van der Waals surface area contributed by atoms with Crippen molar-refractivity contribution in [2.24, 2.45) is 0 Å². The summed E-state index contributed by atoms with van der Waals surface area (Å²) in [6, 6.07) is 0. The number of hydrogen-bond donors (Lipinski definition) is 1. The molecule has 1 aliphatic carbocycles. The van der Waals surface area contributed by atoms with Crippen LogP contribution in [0.5, 0.6) is 0 Å². The SMILES string of the molecule is CCC/C=C1\OC(=O)C2=C1CC[C@H](O)[C@@H]2OC(=O)CCCCCCC/C=C\C/C=C\CCCCC. The molecule has 0 unspecified atom stereocenters. The zero-order valence-electron chi connectivity index (χ0n) is 21.9. The highest BCUT2D eigenvalue weighted by Crippen LogP contribution is 2.39. The fourth-order valence-corrected chi connectivity index (χ4v) is 4.51. The van der Waals surface area contributed by atoms with Gasteiger partial charge in [0.2, 0.25) is 0 Å². The van der Waals surface area contributed by atoms with Gasteiger partial charge in [0.1, 0.15) is 5.76 Å². The maximum Gasteiger partial charge on any atom is 0.343 e. The summed E-state index contributed by atoms with van der Waals surface area (Å²) in [5, 5.41) is 10.4. The summed E-state index contributed by atoms with van der Waals surface area (Å²) in [4.78, 5) is 24.8. The highest BCUT2D eigenvalue weighted by Gasteiger charge is 2.43. The molecule has 0 saturated carbocycles. The number of hydrogen-bond acceptors (Lipinski definition) is 5. The molecule has 0 aromatic rings. The van der Waals surface area contributed by atoms with Crippen molar-refractivity contribution in [1.82, 2.24) is 0 Å². The Bertz CT molecular complexity index is 774. The molecule has 2 rings (SSSR count). The largest absolute Gasteiger partial charge is 0.454 e. The van der Waals surface area contributed by atoms with Crippen LogP contribution in [-0.4, -0.2) is 29.3 Å². The minimum Gasteiger partial charge on any atom is -0.454 e. The van der Waals surface area contributed by atoms with Gasteiger partial charge in [-0.15, -0.1) is 0 Å². The average Bonchev–Trinajstić information content (AvgIpc) is 3.17. The fourth-order valence-electron chi connectivity index (χ4n) is 4.51. The highest BCUT2D eigenvalue weighted by molar-refractivity contribution is 5.96. The minimum absolute atomic E-state index is 0.309. The van der Waals surface area contributed by atoms with Gasteiger partial charge in [-0.25, -0.2) is 4.79 Å². The molecule has 0 radical (unpaired) electrons. The van der Waals surface area contributed by atoms with Crippen molar-refractivity contribution in [2.45, 2.75) is 129 Å². The molecule has 0 aromatic heterocycles. The molecule has 0 spiro atoms. The van der Waals surface area contributed by atoms with Gasteiger partial charge >= 0.3 is 11.9 Å². The van der Waals surface area contributed by atoms with Crippen molar-refractivity contribution in [3.05, 3.63) is 47.3 Å². The molecule has 0 fully saturated rings. The second-order valence-corrected chi connectivity index (χ2v) is 9.64. The van der Waals surface area contributed by atoms with Gasteiger partial charge in [0.05, 0.1) is 11.7 Å². The maximum absolute atomic E-state index is 12.4. The van der Waals surface area contributed by atoms with Crippen LogP contribution in [0.15, 0.2) is 47.3 Å². The van der Waals surface area contributed by atoms with Gasteiger partial charge in [0.15, 0.2) is 6.10 Å². The van der Waals surface area contributed by atoms with Gasteiger partial charge in [-0.2, -0.15) is 0 Å². The number of carbonyl (C=O) groups excluding carboxylic acids is 2. The molecule has 1 heterocycles. The molecule has 1 N–H and O–H groups in total. The van der Waals surface area contributed by atoms with Crippen molar-refractivity contribution in [3.63, 3.8) is 0 Å². The van der Waals surface area contributed by atoms with E-state index in [4.69, 9.17) is 9.47 Å². The smallest absolute Gasteiger partial charge is 0.343 e. The molecule has 1 aliphatic heterocycles. The molecule has 5 heteroatoms. The Kier molecular flexibility index (Phi) is 14.4. The van der Waals surface area contributed by atoms with Crippen molar-refractivity contribution in [2.75, 3.05) is 0 Å². The van der Waals surface area contributed by atoms with E-state index in [0.29, 0.717) is 30.6 Å². The molecule has 0 amide bonds. The van der Waals surface area contributed by atoms with Crippen LogP contribution < -0.4 is 0 Å². The van der Waals surface area contributed by atoms with E-state index in [1.807, 2.05) is 6.08 Å². The third kappa shape index (κ3) is 10.6. The number of allylic oxidation sites excluding steroid dienone is 6. The summed E-state index contributed by atoms with van der Waals surface area (Å²) < 4.78 is 11.0. The van der Waals surface area contributed by atoms with Gasteiger partial charge in [-0.3, -0.25) is 4.79 Å². The molecule has 0 saturated heterocycles. The molecule has 0 bridgehead atoms. The molecule has 0 aromatic carbocycles. The van der Waals surface area contributed by atoms with Crippen LogP contribution in [0, 0.1) is 0 Å². The predicted molar refractivity (Wildman–Crippen MR) is 141 cm³/mol. The topological polar surface area (TPSA) is 72.8 Å². The Balaban J connectivity index is 1.60. The van der Waals surface area contributed by atoms with Crippen LogP contribution in [0.4, 0.5) is 0 Å². The molecule has 2 atom stereocenters. The van der Waals surface area contributed by atoms with Crippen LogP contribution in [0.2, 0.25) is 0 Å². The summed E-state index contributed by atoms with van der Waals surface area (Å²) in [5.74, 6) is -0.267. The van der Waals surface area contributed by atoms with E-state index in [2.05, 4.69) is 38.2 Å². The van der Waals surface area contributed by atoms with Gasteiger partial charge in [-0.05, 0) is 63.9 Å². The van der Waals surface area contributed by atoms with E-state index in [0.717, 1.165) is 56.9 Å². The first-order valence-corrected chi connectivity index (χ1v) is 13.9. The number of unbranched alkanes of at least 4 members (excludes halogenated alkanes) is 9. The van der Waals surface area contributed by atoms with Crippen molar-refractivity contribution in [3.8, 4) is 0 Å². The standard InChI is InChI=1S/C30H46O5/c1-3-5-7-8-9-10-11-12-13-14-15-16-17-18-19-21-27(32)35-29-25(31)23-22-24-26(20-6-4-2)34-30(33)28(24)29/h9-10,12-13,20,25,29,31H,3-8,11,14-19,21-23H2,1-2H3/b10-9-,13-12-,26-20-/t25-,29-/m0/s1. The Hall–Kier alpha value is -2.14. The first-order valence-electron chi connectivity index (χ1n) is 13.9. The Morgan fingerprint density at radius 3 is 2.34 bits per heavy atom.